The van der Waals surface area contributed by atoms with Crippen LogP contribution in [0.1, 0.15) is 40.4 Å². The Morgan fingerprint density at radius 2 is 1.96 bits per heavy atom. The first-order valence-corrected chi connectivity index (χ1v) is 8.10. The molecule has 0 radical (unpaired) electrons. The predicted molar refractivity (Wildman–Crippen MR) is 88.5 cm³/mol. The average Bonchev–Trinajstić information content (AvgIpc) is 3.02. The number of rotatable bonds is 7. The van der Waals surface area contributed by atoms with Gasteiger partial charge in [0.05, 0.1) is 19.0 Å². The lowest BCUT2D eigenvalue weighted by Gasteiger charge is -2.17. The van der Waals surface area contributed by atoms with Crippen molar-refractivity contribution in [3.63, 3.8) is 0 Å². The van der Waals surface area contributed by atoms with Crippen molar-refractivity contribution in [2.75, 3.05) is 0 Å². The highest BCUT2D eigenvalue weighted by molar-refractivity contribution is 7.09. The van der Waals surface area contributed by atoms with Crippen LogP contribution in [-0.2, 0) is 16.1 Å². The van der Waals surface area contributed by atoms with Gasteiger partial charge in [0.25, 0.3) is 0 Å². The Balaban J connectivity index is 1.94. The Labute approximate surface area is 142 Å². The van der Waals surface area contributed by atoms with E-state index in [9.17, 15) is 14.4 Å². The number of nitrogens with zero attached hydrogens (tertiary/aromatic N) is 1. The normalized spacial score (nSPS) is 11.5. The molecule has 0 aliphatic heterocycles. The molecule has 7 nitrogen and oxygen atoms in total. The summed E-state index contributed by atoms with van der Waals surface area (Å²) >= 11 is 1.17. The Hall–Kier alpha value is -2.74. The molecule has 2 rings (SSSR count). The van der Waals surface area contributed by atoms with E-state index in [-0.39, 0.29) is 30.5 Å². The van der Waals surface area contributed by atoms with E-state index in [1.807, 2.05) is 30.3 Å². The maximum atomic E-state index is 12.1. The van der Waals surface area contributed by atoms with E-state index in [4.69, 9.17) is 5.11 Å². The summed E-state index contributed by atoms with van der Waals surface area (Å²) in [7, 11) is 0. The van der Waals surface area contributed by atoms with E-state index >= 15 is 0 Å². The highest BCUT2D eigenvalue weighted by Crippen LogP contribution is 2.16. The first-order chi connectivity index (χ1) is 11.5. The molecule has 0 spiro atoms. The van der Waals surface area contributed by atoms with Crippen molar-refractivity contribution in [3.8, 4) is 0 Å². The molecular weight excluding hydrogens is 330 g/mol. The van der Waals surface area contributed by atoms with Crippen LogP contribution < -0.4 is 10.6 Å². The van der Waals surface area contributed by atoms with Crippen molar-refractivity contribution in [1.29, 1.82) is 0 Å². The molecule has 1 unspecified atom stereocenters. The second-order valence-electron chi connectivity index (χ2n) is 5.08. The summed E-state index contributed by atoms with van der Waals surface area (Å²) < 4.78 is 0. The number of hydrogen-bond donors (Lipinski definition) is 3. The van der Waals surface area contributed by atoms with Gasteiger partial charge in [0, 0.05) is 12.3 Å². The number of nitrogens with one attached hydrogen (secondary N) is 2. The van der Waals surface area contributed by atoms with Crippen LogP contribution in [0.2, 0.25) is 0 Å². The minimum atomic E-state index is -1.10. The van der Waals surface area contributed by atoms with E-state index in [1.54, 1.807) is 0 Å². The zero-order valence-corrected chi connectivity index (χ0v) is 13.8. The number of thiazole rings is 1. The molecule has 3 N–H and O–H groups in total. The van der Waals surface area contributed by atoms with E-state index in [1.165, 1.54) is 23.6 Å². The smallest absolute Gasteiger partial charge is 0.355 e. The van der Waals surface area contributed by atoms with Gasteiger partial charge in [-0.2, -0.15) is 0 Å². The molecule has 8 heteroatoms. The molecule has 0 saturated heterocycles. The average molecular weight is 347 g/mol. The summed E-state index contributed by atoms with van der Waals surface area (Å²) in [5.74, 6) is -1.58. The summed E-state index contributed by atoms with van der Waals surface area (Å²) in [4.78, 5) is 38.1. The summed E-state index contributed by atoms with van der Waals surface area (Å²) in [6, 6.07) is 8.80. The number of hydrogen-bond acceptors (Lipinski definition) is 5. The fourth-order valence-electron chi connectivity index (χ4n) is 2.10. The lowest BCUT2D eigenvalue weighted by atomic mass is 10.0. The second-order valence-corrected chi connectivity index (χ2v) is 6.02. The Kier molecular flexibility index (Phi) is 6.02. The third-order valence-corrected chi connectivity index (χ3v) is 4.03. The number of carbonyl (C=O) groups is 3. The molecule has 24 heavy (non-hydrogen) atoms. The molecule has 0 bridgehead atoms. The van der Waals surface area contributed by atoms with Crippen molar-refractivity contribution < 1.29 is 19.5 Å². The fourth-order valence-corrected chi connectivity index (χ4v) is 2.81. The minimum absolute atomic E-state index is 0.0374. The zero-order valence-electron chi connectivity index (χ0n) is 13.0. The van der Waals surface area contributed by atoms with Crippen molar-refractivity contribution in [2.24, 2.45) is 0 Å². The number of carboxylic acids is 1. The van der Waals surface area contributed by atoms with E-state index in [0.29, 0.717) is 5.01 Å². The van der Waals surface area contributed by atoms with Crippen molar-refractivity contribution in [1.82, 2.24) is 15.6 Å². The lowest BCUT2D eigenvalue weighted by molar-refractivity contribution is -0.122. The quantitative estimate of drug-likeness (QED) is 0.707. The zero-order chi connectivity index (χ0) is 17.5. The van der Waals surface area contributed by atoms with Gasteiger partial charge in [-0.1, -0.05) is 30.3 Å². The number of carbonyl (C=O) groups excluding carboxylic acids is 2. The lowest BCUT2D eigenvalue weighted by Crippen LogP contribution is -2.32. The maximum absolute atomic E-state index is 12.1. The van der Waals surface area contributed by atoms with Gasteiger partial charge in [-0.15, -0.1) is 11.3 Å². The Bertz CT molecular complexity index is 730. The van der Waals surface area contributed by atoms with Crippen LogP contribution in [0.4, 0.5) is 0 Å². The summed E-state index contributed by atoms with van der Waals surface area (Å²) in [5, 5.41) is 16.2. The standard InChI is InChI=1S/C16H17N3O4S/c1-10(20)18-12(11-5-3-2-4-6-11)7-14(21)17-8-15-19-13(9-24-15)16(22)23/h2-6,9,12H,7-8H2,1H3,(H,17,21)(H,18,20)(H,22,23). The van der Waals surface area contributed by atoms with Crippen LogP contribution in [0.15, 0.2) is 35.7 Å². The molecule has 2 amide bonds. The fraction of sp³-hybridized carbons (Fsp3) is 0.250. The topological polar surface area (TPSA) is 108 Å². The molecule has 0 aliphatic carbocycles. The van der Waals surface area contributed by atoms with Gasteiger partial charge < -0.3 is 15.7 Å². The third-order valence-electron chi connectivity index (χ3n) is 3.18. The van der Waals surface area contributed by atoms with E-state index < -0.39 is 12.0 Å². The van der Waals surface area contributed by atoms with Crippen LogP contribution in [0.3, 0.4) is 0 Å². The number of benzene rings is 1. The molecule has 126 valence electrons. The van der Waals surface area contributed by atoms with Crippen LogP contribution >= 0.6 is 11.3 Å². The SMILES string of the molecule is CC(=O)NC(CC(=O)NCc1nc(C(=O)O)cs1)c1ccccc1. The van der Waals surface area contributed by atoms with Crippen molar-refractivity contribution in [2.45, 2.75) is 25.9 Å². The van der Waals surface area contributed by atoms with E-state index in [2.05, 4.69) is 15.6 Å². The van der Waals surface area contributed by atoms with Gasteiger partial charge in [-0.3, -0.25) is 9.59 Å². The van der Waals surface area contributed by atoms with Crippen LogP contribution in [0.5, 0.6) is 0 Å². The molecule has 0 aliphatic rings. The molecule has 1 heterocycles. The van der Waals surface area contributed by atoms with Gasteiger partial charge >= 0.3 is 5.97 Å². The molecule has 2 aromatic rings. The number of carboxylic acid groups (broad SMARTS) is 1. The van der Waals surface area contributed by atoms with Gasteiger partial charge in [0.2, 0.25) is 11.8 Å². The molecular formula is C16H17N3O4S. The number of amides is 2. The summed E-state index contributed by atoms with van der Waals surface area (Å²) in [6.07, 6.45) is 0.0841. The minimum Gasteiger partial charge on any atom is -0.476 e. The first-order valence-electron chi connectivity index (χ1n) is 7.22. The second kappa shape index (κ2) is 8.21. The highest BCUT2D eigenvalue weighted by Gasteiger charge is 2.17. The molecule has 0 fully saturated rings. The summed E-state index contributed by atoms with van der Waals surface area (Å²) in [5.41, 5.74) is 0.801. The Morgan fingerprint density at radius 3 is 2.54 bits per heavy atom. The first kappa shape index (κ1) is 17.6. The van der Waals surface area contributed by atoms with Crippen LogP contribution in [0, 0.1) is 0 Å². The van der Waals surface area contributed by atoms with Gasteiger partial charge in [0.1, 0.15) is 5.01 Å². The Morgan fingerprint density at radius 1 is 1.25 bits per heavy atom. The number of aromatic nitrogens is 1. The maximum Gasteiger partial charge on any atom is 0.355 e. The summed E-state index contributed by atoms with van der Waals surface area (Å²) in [6.45, 7) is 1.55. The number of aromatic carboxylic acids is 1. The predicted octanol–water partition coefficient (Wildman–Crippen LogP) is 1.72. The molecule has 1 atom stereocenters. The highest BCUT2D eigenvalue weighted by atomic mass is 32.1. The van der Waals surface area contributed by atoms with Gasteiger partial charge in [-0.05, 0) is 5.56 Å². The van der Waals surface area contributed by atoms with Gasteiger partial charge in [-0.25, -0.2) is 9.78 Å². The monoisotopic (exact) mass is 347 g/mol. The van der Waals surface area contributed by atoms with Crippen LogP contribution in [0.25, 0.3) is 0 Å². The van der Waals surface area contributed by atoms with Gasteiger partial charge in [0.15, 0.2) is 5.69 Å². The van der Waals surface area contributed by atoms with Crippen molar-refractivity contribution >= 4 is 29.1 Å². The molecule has 1 aromatic carbocycles. The van der Waals surface area contributed by atoms with Crippen molar-refractivity contribution in [3.05, 3.63) is 52.0 Å². The molecule has 0 saturated carbocycles. The molecule has 1 aromatic heterocycles. The third kappa shape index (κ3) is 5.17. The largest absolute Gasteiger partial charge is 0.476 e. The van der Waals surface area contributed by atoms with E-state index in [0.717, 1.165) is 5.56 Å². The van der Waals surface area contributed by atoms with Crippen LogP contribution in [-0.4, -0.2) is 27.9 Å².